The first-order valence-electron chi connectivity index (χ1n) is 7.04. The van der Waals surface area contributed by atoms with Crippen molar-refractivity contribution >= 4 is 0 Å². The lowest BCUT2D eigenvalue weighted by Gasteiger charge is -2.43. The highest BCUT2D eigenvalue weighted by molar-refractivity contribution is 5.05. The summed E-state index contributed by atoms with van der Waals surface area (Å²) in [4.78, 5) is 0. The third kappa shape index (κ3) is 2.02. The van der Waals surface area contributed by atoms with Crippen LogP contribution in [0.1, 0.15) is 46.5 Å². The minimum Gasteiger partial charge on any atom is -0.373 e. The Kier molecular flexibility index (Phi) is 2.96. The molecule has 0 unspecified atom stereocenters. The van der Waals surface area contributed by atoms with Crippen LogP contribution in [0.25, 0.3) is 0 Å². The lowest BCUT2D eigenvalue weighted by atomic mass is 9.84. The number of fused-ring (bicyclic) bond motifs is 1. The van der Waals surface area contributed by atoms with Gasteiger partial charge >= 0.3 is 0 Å². The monoisotopic (exact) mass is 240 g/mol. The smallest absolute Gasteiger partial charge is 0.120 e. The normalized spacial score (nSPS) is 49.4. The standard InChI is InChI=1S/C14H24O3/c1-9(2)6-11-4-5-13-14(17-11)7-12(16-13)10(3)15-8-14/h9-13H,4-8H2,1-3H3/t10-,11+,12+,13-,14+/m0/s1. The summed E-state index contributed by atoms with van der Waals surface area (Å²) in [5.41, 5.74) is -0.116. The third-order valence-electron chi connectivity index (χ3n) is 4.47. The van der Waals surface area contributed by atoms with Crippen LogP contribution in [0.4, 0.5) is 0 Å². The molecule has 3 fully saturated rings. The molecule has 3 heteroatoms. The second-order valence-electron chi connectivity index (χ2n) is 6.39. The average molecular weight is 240 g/mol. The molecular formula is C14H24O3. The predicted octanol–water partition coefficient (Wildman–Crippen LogP) is 2.53. The molecule has 17 heavy (non-hydrogen) atoms. The van der Waals surface area contributed by atoms with E-state index in [0.29, 0.717) is 12.0 Å². The quantitative estimate of drug-likeness (QED) is 0.742. The van der Waals surface area contributed by atoms with Crippen molar-refractivity contribution in [2.45, 2.75) is 76.5 Å². The van der Waals surface area contributed by atoms with Crippen LogP contribution < -0.4 is 0 Å². The van der Waals surface area contributed by atoms with Crippen molar-refractivity contribution in [1.82, 2.24) is 0 Å². The number of rotatable bonds is 2. The van der Waals surface area contributed by atoms with Gasteiger partial charge in [-0.3, -0.25) is 0 Å². The molecule has 3 rings (SSSR count). The second-order valence-corrected chi connectivity index (χ2v) is 6.39. The molecule has 5 atom stereocenters. The summed E-state index contributed by atoms with van der Waals surface area (Å²) in [5, 5.41) is 0. The zero-order valence-electron chi connectivity index (χ0n) is 11.1. The van der Waals surface area contributed by atoms with Crippen molar-refractivity contribution < 1.29 is 14.2 Å². The molecule has 3 aliphatic heterocycles. The first-order valence-corrected chi connectivity index (χ1v) is 7.04. The highest BCUT2D eigenvalue weighted by Gasteiger charge is 2.57. The van der Waals surface area contributed by atoms with Crippen LogP contribution in [0.2, 0.25) is 0 Å². The molecule has 3 aliphatic rings. The van der Waals surface area contributed by atoms with Crippen molar-refractivity contribution in [2.24, 2.45) is 5.92 Å². The van der Waals surface area contributed by atoms with Gasteiger partial charge in [0.2, 0.25) is 0 Å². The van der Waals surface area contributed by atoms with E-state index >= 15 is 0 Å². The van der Waals surface area contributed by atoms with Crippen molar-refractivity contribution in [3.63, 3.8) is 0 Å². The van der Waals surface area contributed by atoms with Crippen molar-refractivity contribution in [2.75, 3.05) is 6.61 Å². The molecule has 0 aliphatic carbocycles. The van der Waals surface area contributed by atoms with Crippen LogP contribution in [-0.2, 0) is 14.2 Å². The molecule has 1 spiro atoms. The zero-order valence-corrected chi connectivity index (χ0v) is 11.1. The highest BCUT2D eigenvalue weighted by Crippen LogP contribution is 2.46. The van der Waals surface area contributed by atoms with E-state index in [1.807, 2.05) is 0 Å². The summed E-state index contributed by atoms with van der Waals surface area (Å²) >= 11 is 0. The van der Waals surface area contributed by atoms with Gasteiger partial charge in [-0.2, -0.15) is 0 Å². The van der Waals surface area contributed by atoms with E-state index in [2.05, 4.69) is 20.8 Å². The molecule has 2 bridgehead atoms. The van der Waals surface area contributed by atoms with E-state index in [0.717, 1.165) is 32.3 Å². The molecule has 0 aromatic rings. The van der Waals surface area contributed by atoms with Gasteiger partial charge in [0.25, 0.3) is 0 Å². The van der Waals surface area contributed by atoms with E-state index < -0.39 is 0 Å². The van der Waals surface area contributed by atoms with Gasteiger partial charge in [-0.1, -0.05) is 13.8 Å². The predicted molar refractivity (Wildman–Crippen MR) is 65.0 cm³/mol. The van der Waals surface area contributed by atoms with Gasteiger partial charge in [-0.15, -0.1) is 0 Å². The van der Waals surface area contributed by atoms with Gasteiger partial charge in [0, 0.05) is 6.42 Å². The summed E-state index contributed by atoms with van der Waals surface area (Å²) in [7, 11) is 0. The molecule has 0 amide bonds. The molecule has 0 aromatic heterocycles. The second kappa shape index (κ2) is 4.22. The third-order valence-corrected chi connectivity index (χ3v) is 4.47. The summed E-state index contributed by atoms with van der Waals surface area (Å²) in [5.74, 6) is 0.703. The largest absolute Gasteiger partial charge is 0.373 e. The molecule has 3 heterocycles. The topological polar surface area (TPSA) is 27.7 Å². The maximum atomic E-state index is 6.38. The first-order chi connectivity index (χ1) is 8.09. The van der Waals surface area contributed by atoms with Gasteiger partial charge < -0.3 is 14.2 Å². The molecule has 3 nitrogen and oxygen atoms in total. The van der Waals surface area contributed by atoms with Crippen LogP contribution in [0.15, 0.2) is 0 Å². The molecule has 98 valence electrons. The Labute approximate surface area is 104 Å². The molecule has 3 saturated heterocycles. The molecule has 0 saturated carbocycles. The maximum absolute atomic E-state index is 6.38. The minimum atomic E-state index is -0.116. The minimum absolute atomic E-state index is 0.116. The first kappa shape index (κ1) is 11.9. The summed E-state index contributed by atoms with van der Waals surface area (Å²) in [6, 6.07) is 0. The number of ether oxygens (including phenoxy) is 3. The van der Waals surface area contributed by atoms with E-state index in [1.165, 1.54) is 0 Å². The van der Waals surface area contributed by atoms with Gasteiger partial charge in [0.15, 0.2) is 0 Å². The van der Waals surface area contributed by atoms with Crippen molar-refractivity contribution in [3.8, 4) is 0 Å². The Balaban J connectivity index is 1.71. The van der Waals surface area contributed by atoms with Crippen LogP contribution >= 0.6 is 0 Å². The molecule has 0 aromatic carbocycles. The van der Waals surface area contributed by atoms with Crippen LogP contribution in [0.3, 0.4) is 0 Å². The van der Waals surface area contributed by atoms with Gasteiger partial charge in [-0.05, 0) is 32.1 Å². The number of hydrogen-bond donors (Lipinski definition) is 0. The Bertz CT molecular complexity index is 291. The van der Waals surface area contributed by atoms with Crippen LogP contribution in [0, 0.1) is 5.92 Å². The van der Waals surface area contributed by atoms with Gasteiger partial charge in [-0.25, -0.2) is 0 Å². The average Bonchev–Trinajstić information content (AvgIpc) is 2.58. The fraction of sp³-hybridized carbons (Fsp3) is 1.00. The van der Waals surface area contributed by atoms with E-state index in [9.17, 15) is 0 Å². The number of hydrogen-bond acceptors (Lipinski definition) is 3. The Morgan fingerprint density at radius 1 is 1.29 bits per heavy atom. The Morgan fingerprint density at radius 2 is 2.12 bits per heavy atom. The van der Waals surface area contributed by atoms with E-state index in [-0.39, 0.29) is 23.9 Å². The Hall–Kier alpha value is -0.120. The van der Waals surface area contributed by atoms with E-state index in [1.54, 1.807) is 0 Å². The van der Waals surface area contributed by atoms with E-state index in [4.69, 9.17) is 14.2 Å². The van der Waals surface area contributed by atoms with Gasteiger partial charge in [0.1, 0.15) is 5.60 Å². The highest BCUT2D eigenvalue weighted by atomic mass is 16.6. The van der Waals surface area contributed by atoms with Crippen LogP contribution in [0.5, 0.6) is 0 Å². The fourth-order valence-electron chi connectivity index (χ4n) is 3.57. The maximum Gasteiger partial charge on any atom is 0.120 e. The lowest BCUT2D eigenvalue weighted by Crippen LogP contribution is -2.53. The SMILES string of the molecule is CC(C)C[C@H]1CC[C@@H]2O[C@@H]3C[C@]2(CO[C@H]3C)O1. The van der Waals surface area contributed by atoms with Crippen LogP contribution in [-0.4, -0.2) is 36.6 Å². The Morgan fingerprint density at radius 3 is 2.88 bits per heavy atom. The summed E-state index contributed by atoms with van der Waals surface area (Å²) in [6.45, 7) is 7.37. The molecule has 0 radical (unpaired) electrons. The molecule has 0 N–H and O–H groups in total. The molecular weight excluding hydrogens is 216 g/mol. The zero-order chi connectivity index (χ0) is 12.0. The van der Waals surface area contributed by atoms with Crippen molar-refractivity contribution in [3.05, 3.63) is 0 Å². The fourth-order valence-corrected chi connectivity index (χ4v) is 3.57. The van der Waals surface area contributed by atoms with Gasteiger partial charge in [0.05, 0.1) is 31.0 Å². The van der Waals surface area contributed by atoms with Crippen molar-refractivity contribution in [1.29, 1.82) is 0 Å². The lowest BCUT2D eigenvalue weighted by molar-refractivity contribution is -0.192. The summed E-state index contributed by atoms with van der Waals surface area (Å²) < 4.78 is 18.3. The summed E-state index contributed by atoms with van der Waals surface area (Å²) in [6.07, 6.45) is 5.66.